The molecule has 15 aromatic rings. The molecule has 4 nitrogen and oxygen atoms in total. The minimum absolute atomic E-state index is 0.852. The Bertz CT molecular complexity index is 4480. The van der Waals surface area contributed by atoms with Crippen LogP contribution in [0.2, 0.25) is 0 Å². The number of furan rings is 4. The fourth-order valence-corrected chi connectivity index (χ4v) is 11.0. The second-order valence-corrected chi connectivity index (χ2v) is 17.4. The Kier molecular flexibility index (Phi) is 7.19. The molecule has 0 atom stereocenters. The van der Waals surface area contributed by atoms with E-state index in [9.17, 15) is 0 Å². The molecule has 0 radical (unpaired) electrons. The lowest BCUT2D eigenvalue weighted by Gasteiger charge is -2.19. The van der Waals surface area contributed by atoms with Gasteiger partial charge in [-0.2, -0.15) is 0 Å². The standard InChI is InChI=1S/C62H34O4/c1-3-17-44-42(15-1)57(48-30-29-38(61-60(48)47-20-8-12-24-54(47)65-61)35-26-32-55-50(33-35)40-14-6-10-22-52(40)63-55)43-16-2-4-18-45(43)58(44)49-31-28-37(59-46-19-7-11-23-53(46)66-62(49)59)36-25-27-41-39-13-5-9-21-51(39)64-56(41)34-36/h1-34H. The molecule has 0 bridgehead atoms. The topological polar surface area (TPSA) is 52.6 Å². The van der Waals surface area contributed by atoms with Crippen molar-refractivity contribution in [1.82, 2.24) is 0 Å². The Morgan fingerprint density at radius 3 is 1.21 bits per heavy atom. The maximum atomic E-state index is 7.00. The third-order valence-corrected chi connectivity index (χ3v) is 13.9. The van der Waals surface area contributed by atoms with Crippen molar-refractivity contribution in [2.45, 2.75) is 0 Å². The van der Waals surface area contributed by atoms with Gasteiger partial charge in [0.25, 0.3) is 0 Å². The fraction of sp³-hybridized carbons (Fsp3) is 0. The Morgan fingerprint density at radius 1 is 0.212 bits per heavy atom. The van der Waals surface area contributed by atoms with Crippen LogP contribution in [0.4, 0.5) is 0 Å². The minimum Gasteiger partial charge on any atom is -0.456 e. The van der Waals surface area contributed by atoms with Crippen molar-refractivity contribution < 1.29 is 17.7 Å². The summed E-state index contributed by atoms with van der Waals surface area (Å²) in [7, 11) is 0. The quantitative estimate of drug-likeness (QED) is 0.166. The van der Waals surface area contributed by atoms with Crippen molar-refractivity contribution in [3.05, 3.63) is 206 Å². The number of para-hydroxylation sites is 4. The first-order valence-corrected chi connectivity index (χ1v) is 22.4. The molecule has 0 unspecified atom stereocenters. The van der Waals surface area contributed by atoms with E-state index in [1.165, 1.54) is 5.56 Å². The van der Waals surface area contributed by atoms with Gasteiger partial charge in [0.1, 0.15) is 44.7 Å². The molecule has 0 aliphatic heterocycles. The zero-order chi connectivity index (χ0) is 43.0. The number of benzene rings is 11. The summed E-state index contributed by atoms with van der Waals surface area (Å²) in [5.41, 5.74) is 15.7. The second kappa shape index (κ2) is 13.3. The first-order valence-electron chi connectivity index (χ1n) is 22.4. The van der Waals surface area contributed by atoms with Gasteiger partial charge in [-0.05, 0) is 110 Å². The molecule has 0 aliphatic rings. The third kappa shape index (κ3) is 4.93. The van der Waals surface area contributed by atoms with Gasteiger partial charge in [0.05, 0.1) is 0 Å². The van der Waals surface area contributed by atoms with E-state index in [4.69, 9.17) is 17.7 Å². The van der Waals surface area contributed by atoms with E-state index >= 15 is 0 Å². The summed E-state index contributed by atoms with van der Waals surface area (Å²) in [5.74, 6) is 0. The molecule has 4 heterocycles. The van der Waals surface area contributed by atoms with E-state index < -0.39 is 0 Å². The average Bonchev–Trinajstić information content (AvgIpc) is 4.15. The molecule has 0 saturated carbocycles. The van der Waals surface area contributed by atoms with E-state index in [1.807, 2.05) is 30.3 Å². The van der Waals surface area contributed by atoms with Crippen LogP contribution in [0.15, 0.2) is 224 Å². The first kappa shape index (κ1) is 35.6. The lowest BCUT2D eigenvalue weighted by Crippen LogP contribution is -1.92. The van der Waals surface area contributed by atoms with Gasteiger partial charge in [0.2, 0.25) is 0 Å². The highest BCUT2D eigenvalue weighted by Gasteiger charge is 2.25. The molecule has 11 aromatic carbocycles. The predicted molar refractivity (Wildman–Crippen MR) is 272 cm³/mol. The van der Waals surface area contributed by atoms with Crippen LogP contribution in [-0.4, -0.2) is 0 Å². The van der Waals surface area contributed by atoms with E-state index in [0.29, 0.717) is 0 Å². The van der Waals surface area contributed by atoms with E-state index in [1.54, 1.807) is 0 Å². The molecule has 0 N–H and O–H groups in total. The molecule has 0 fully saturated rings. The van der Waals surface area contributed by atoms with Crippen LogP contribution in [0.5, 0.6) is 0 Å². The zero-order valence-electron chi connectivity index (χ0n) is 35.3. The van der Waals surface area contributed by atoms with Crippen LogP contribution in [0.25, 0.3) is 154 Å². The van der Waals surface area contributed by atoms with Gasteiger partial charge in [-0.25, -0.2) is 0 Å². The number of rotatable bonds is 4. The molecule has 0 spiro atoms. The molecule has 4 aromatic heterocycles. The highest BCUT2D eigenvalue weighted by atomic mass is 16.3. The maximum Gasteiger partial charge on any atom is 0.143 e. The number of hydrogen-bond donors (Lipinski definition) is 0. The molecular weight excluding hydrogens is 809 g/mol. The Morgan fingerprint density at radius 2 is 0.591 bits per heavy atom. The monoisotopic (exact) mass is 842 g/mol. The molecule has 4 heteroatoms. The molecule has 0 amide bonds. The first-order chi connectivity index (χ1) is 32.7. The zero-order valence-corrected chi connectivity index (χ0v) is 35.3. The van der Waals surface area contributed by atoms with Crippen molar-refractivity contribution in [1.29, 1.82) is 0 Å². The second-order valence-electron chi connectivity index (χ2n) is 17.4. The lowest BCUT2D eigenvalue weighted by molar-refractivity contribution is 0.668. The van der Waals surface area contributed by atoms with Gasteiger partial charge < -0.3 is 17.7 Å². The van der Waals surface area contributed by atoms with Crippen molar-refractivity contribution >= 4 is 109 Å². The summed E-state index contributed by atoms with van der Waals surface area (Å²) in [5, 5.41) is 13.3. The Balaban J connectivity index is 0.991. The van der Waals surface area contributed by atoms with Crippen LogP contribution in [0.1, 0.15) is 0 Å². The lowest BCUT2D eigenvalue weighted by atomic mass is 9.83. The van der Waals surface area contributed by atoms with Crippen molar-refractivity contribution in [2.24, 2.45) is 0 Å². The molecule has 15 rings (SSSR count). The van der Waals surface area contributed by atoms with Crippen LogP contribution in [0.3, 0.4) is 0 Å². The molecule has 0 saturated heterocycles. The van der Waals surface area contributed by atoms with Gasteiger partial charge in [0, 0.05) is 59.8 Å². The summed E-state index contributed by atoms with van der Waals surface area (Å²) < 4.78 is 26.6. The highest BCUT2D eigenvalue weighted by Crippen LogP contribution is 2.51. The summed E-state index contributed by atoms with van der Waals surface area (Å²) in [4.78, 5) is 0. The van der Waals surface area contributed by atoms with Crippen molar-refractivity contribution in [2.75, 3.05) is 0 Å². The highest BCUT2D eigenvalue weighted by molar-refractivity contribution is 6.29. The summed E-state index contributed by atoms with van der Waals surface area (Å²) >= 11 is 0. The van der Waals surface area contributed by atoms with Crippen molar-refractivity contribution in [3.8, 4) is 44.5 Å². The van der Waals surface area contributed by atoms with E-state index in [2.05, 4.69) is 176 Å². The normalized spacial score (nSPS) is 12.2. The van der Waals surface area contributed by atoms with Gasteiger partial charge in [-0.15, -0.1) is 0 Å². The third-order valence-electron chi connectivity index (χ3n) is 13.9. The molecule has 306 valence electrons. The largest absolute Gasteiger partial charge is 0.456 e. The predicted octanol–water partition coefficient (Wildman–Crippen LogP) is 18.3. The summed E-state index contributed by atoms with van der Waals surface area (Å²) in [6, 6.07) is 73.1. The van der Waals surface area contributed by atoms with Crippen molar-refractivity contribution in [3.63, 3.8) is 0 Å². The van der Waals surface area contributed by atoms with Crippen LogP contribution in [-0.2, 0) is 0 Å². The van der Waals surface area contributed by atoms with Crippen LogP contribution in [0, 0.1) is 0 Å². The van der Waals surface area contributed by atoms with E-state index in [-0.39, 0.29) is 0 Å². The molecular formula is C62H34O4. The van der Waals surface area contributed by atoms with E-state index in [0.717, 1.165) is 148 Å². The smallest absolute Gasteiger partial charge is 0.143 e. The van der Waals surface area contributed by atoms with Gasteiger partial charge in [-0.1, -0.05) is 146 Å². The Hall–Kier alpha value is -8.86. The van der Waals surface area contributed by atoms with Gasteiger partial charge in [0.15, 0.2) is 0 Å². The Labute approximate surface area is 376 Å². The number of hydrogen-bond acceptors (Lipinski definition) is 4. The van der Waals surface area contributed by atoms with Gasteiger partial charge >= 0.3 is 0 Å². The fourth-order valence-electron chi connectivity index (χ4n) is 11.0. The average molecular weight is 843 g/mol. The summed E-state index contributed by atoms with van der Waals surface area (Å²) in [6.45, 7) is 0. The molecule has 66 heavy (non-hydrogen) atoms. The SMILES string of the molecule is c1ccc2c(c1)oc1cc(-c3ccc(-c4c5ccccc5c(-c5ccc(-c6ccc7oc8ccccc8c7c6)c6oc7ccccc7c56)c5ccccc45)c4oc5ccccc5c34)ccc12. The minimum atomic E-state index is 0.852. The summed E-state index contributed by atoms with van der Waals surface area (Å²) in [6.07, 6.45) is 0. The number of fused-ring (bicyclic) bond motifs is 14. The van der Waals surface area contributed by atoms with Crippen LogP contribution < -0.4 is 0 Å². The van der Waals surface area contributed by atoms with Crippen LogP contribution >= 0.6 is 0 Å². The molecule has 0 aliphatic carbocycles. The maximum absolute atomic E-state index is 7.00. The van der Waals surface area contributed by atoms with Gasteiger partial charge in [-0.3, -0.25) is 0 Å².